The van der Waals surface area contributed by atoms with Crippen LogP contribution in [0, 0.1) is 0 Å². The van der Waals surface area contributed by atoms with Crippen molar-refractivity contribution >= 4 is 0 Å². The normalized spacial score (nSPS) is 22.1. The van der Waals surface area contributed by atoms with Crippen LogP contribution in [0.1, 0.15) is 30.9 Å². The first kappa shape index (κ1) is 12.2. The molecule has 2 unspecified atom stereocenters. The van der Waals surface area contributed by atoms with E-state index in [9.17, 15) is 10.2 Å². The average Bonchev–Trinajstić information content (AvgIpc) is 2.39. The van der Waals surface area contributed by atoms with Crippen LogP contribution in [0.15, 0.2) is 18.2 Å². The fraction of sp³-hybridized carbons (Fsp3) is 0.538. The van der Waals surface area contributed by atoms with E-state index in [0.29, 0.717) is 5.75 Å². The number of aliphatic hydroxyl groups is 1. The van der Waals surface area contributed by atoms with Crippen LogP contribution in [0.4, 0.5) is 0 Å². The second-order valence-corrected chi connectivity index (χ2v) is 4.43. The number of methoxy groups -OCH3 is 1. The molecule has 1 saturated heterocycles. The van der Waals surface area contributed by atoms with Crippen LogP contribution in [0.2, 0.25) is 0 Å². The number of aromatic hydroxyl groups is 1. The number of hydrogen-bond acceptors (Lipinski definition) is 4. The maximum atomic E-state index is 10.3. The molecule has 0 spiro atoms. The number of ether oxygens (including phenoxy) is 1. The summed E-state index contributed by atoms with van der Waals surface area (Å²) in [6, 6.07) is 5.08. The number of benzene rings is 1. The smallest absolute Gasteiger partial charge is 0.160 e. The molecule has 17 heavy (non-hydrogen) atoms. The van der Waals surface area contributed by atoms with E-state index >= 15 is 0 Å². The molecular weight excluding hydrogens is 218 g/mol. The minimum absolute atomic E-state index is 0.0954. The predicted molar refractivity (Wildman–Crippen MR) is 65.3 cm³/mol. The maximum absolute atomic E-state index is 10.3. The molecule has 1 aliphatic rings. The highest BCUT2D eigenvalue weighted by Gasteiger charge is 2.23. The van der Waals surface area contributed by atoms with Crippen molar-refractivity contribution < 1.29 is 14.9 Å². The Bertz CT molecular complexity index is 375. The van der Waals surface area contributed by atoms with E-state index in [4.69, 9.17) is 4.74 Å². The van der Waals surface area contributed by atoms with Gasteiger partial charge in [-0.1, -0.05) is 12.5 Å². The van der Waals surface area contributed by atoms with Gasteiger partial charge < -0.3 is 20.3 Å². The third-order valence-electron chi connectivity index (χ3n) is 3.27. The quantitative estimate of drug-likeness (QED) is 0.747. The van der Waals surface area contributed by atoms with Gasteiger partial charge in [0.1, 0.15) is 0 Å². The zero-order valence-electron chi connectivity index (χ0n) is 10.0. The van der Waals surface area contributed by atoms with Crippen LogP contribution >= 0.6 is 0 Å². The Morgan fingerprint density at radius 2 is 2.24 bits per heavy atom. The summed E-state index contributed by atoms with van der Waals surface area (Å²) in [5.41, 5.74) is 0.777. The first-order chi connectivity index (χ1) is 8.22. The highest BCUT2D eigenvalue weighted by Crippen LogP contribution is 2.31. The number of phenols is 1. The van der Waals surface area contributed by atoms with Gasteiger partial charge in [0.05, 0.1) is 13.2 Å². The second-order valence-electron chi connectivity index (χ2n) is 4.43. The van der Waals surface area contributed by atoms with Gasteiger partial charge in [0, 0.05) is 6.04 Å². The van der Waals surface area contributed by atoms with Gasteiger partial charge in [0.25, 0.3) is 0 Å². The molecule has 0 bridgehead atoms. The SMILES string of the molecule is COc1cc(C(O)C2CCCCN2)ccc1O. The molecule has 4 nitrogen and oxygen atoms in total. The molecular formula is C13H19NO3. The van der Waals surface area contributed by atoms with Crippen LogP contribution in [-0.2, 0) is 0 Å². The van der Waals surface area contributed by atoms with Gasteiger partial charge in [-0.05, 0) is 37.1 Å². The topological polar surface area (TPSA) is 61.7 Å². The summed E-state index contributed by atoms with van der Waals surface area (Å²) in [6.07, 6.45) is 2.74. The van der Waals surface area contributed by atoms with Gasteiger partial charge in [-0.2, -0.15) is 0 Å². The number of aliphatic hydroxyl groups excluding tert-OH is 1. The van der Waals surface area contributed by atoms with Crippen molar-refractivity contribution in [3.8, 4) is 11.5 Å². The number of hydrogen-bond donors (Lipinski definition) is 3. The Labute approximate surface area is 101 Å². The van der Waals surface area contributed by atoms with Crippen molar-refractivity contribution in [2.24, 2.45) is 0 Å². The molecule has 1 aromatic rings. The van der Waals surface area contributed by atoms with Crippen molar-refractivity contribution in [1.29, 1.82) is 0 Å². The molecule has 1 aromatic carbocycles. The van der Waals surface area contributed by atoms with Gasteiger partial charge in [-0.15, -0.1) is 0 Å². The summed E-state index contributed by atoms with van der Waals surface area (Å²) in [6.45, 7) is 0.955. The molecule has 3 N–H and O–H groups in total. The summed E-state index contributed by atoms with van der Waals surface area (Å²) in [4.78, 5) is 0. The summed E-state index contributed by atoms with van der Waals surface area (Å²) in [5.74, 6) is 0.498. The Hall–Kier alpha value is -1.26. The lowest BCUT2D eigenvalue weighted by molar-refractivity contribution is 0.113. The molecule has 2 rings (SSSR count). The third kappa shape index (κ3) is 2.70. The zero-order valence-corrected chi connectivity index (χ0v) is 10.0. The van der Waals surface area contributed by atoms with Gasteiger partial charge in [0.15, 0.2) is 11.5 Å². The van der Waals surface area contributed by atoms with Gasteiger partial charge in [-0.25, -0.2) is 0 Å². The molecule has 0 amide bonds. The monoisotopic (exact) mass is 237 g/mol. The Morgan fingerprint density at radius 1 is 1.41 bits per heavy atom. The zero-order chi connectivity index (χ0) is 12.3. The van der Waals surface area contributed by atoms with Gasteiger partial charge >= 0.3 is 0 Å². The molecule has 4 heteroatoms. The maximum Gasteiger partial charge on any atom is 0.160 e. The molecule has 94 valence electrons. The van der Waals surface area contributed by atoms with Crippen molar-refractivity contribution in [3.05, 3.63) is 23.8 Å². The Balaban J connectivity index is 2.15. The number of rotatable bonds is 3. The minimum atomic E-state index is -0.551. The van der Waals surface area contributed by atoms with E-state index in [1.807, 2.05) is 0 Å². The predicted octanol–water partition coefficient (Wildman–Crippen LogP) is 1.58. The van der Waals surface area contributed by atoms with E-state index in [0.717, 1.165) is 24.9 Å². The summed E-state index contributed by atoms with van der Waals surface area (Å²) >= 11 is 0. The molecule has 0 aromatic heterocycles. The van der Waals surface area contributed by atoms with E-state index in [1.165, 1.54) is 13.5 Å². The Kier molecular flexibility index (Phi) is 3.86. The summed E-state index contributed by atoms with van der Waals surface area (Å²) < 4.78 is 5.04. The fourth-order valence-corrected chi connectivity index (χ4v) is 2.26. The standard InChI is InChI=1S/C13H19NO3/c1-17-12-8-9(5-6-11(12)15)13(16)10-4-2-3-7-14-10/h5-6,8,10,13-16H,2-4,7H2,1H3. The van der Waals surface area contributed by atoms with E-state index in [1.54, 1.807) is 18.2 Å². The summed E-state index contributed by atoms with van der Waals surface area (Å²) in [5, 5.41) is 23.1. The first-order valence-electron chi connectivity index (χ1n) is 6.00. The lowest BCUT2D eigenvalue weighted by Gasteiger charge is -2.28. The number of nitrogens with one attached hydrogen (secondary N) is 1. The van der Waals surface area contributed by atoms with Crippen LogP contribution < -0.4 is 10.1 Å². The van der Waals surface area contributed by atoms with Crippen LogP contribution in [0.5, 0.6) is 11.5 Å². The molecule has 0 saturated carbocycles. The number of phenolic OH excluding ortho intramolecular Hbond substituents is 1. The lowest BCUT2D eigenvalue weighted by atomic mass is 9.95. The molecule has 1 aliphatic heterocycles. The Morgan fingerprint density at radius 3 is 2.88 bits per heavy atom. The van der Waals surface area contributed by atoms with Crippen molar-refractivity contribution in [2.75, 3.05) is 13.7 Å². The third-order valence-corrected chi connectivity index (χ3v) is 3.27. The van der Waals surface area contributed by atoms with E-state index in [-0.39, 0.29) is 11.8 Å². The van der Waals surface area contributed by atoms with Crippen molar-refractivity contribution in [2.45, 2.75) is 31.4 Å². The molecule has 1 fully saturated rings. The van der Waals surface area contributed by atoms with Crippen molar-refractivity contribution in [3.63, 3.8) is 0 Å². The fourth-order valence-electron chi connectivity index (χ4n) is 2.26. The second kappa shape index (κ2) is 5.38. The van der Waals surface area contributed by atoms with E-state index in [2.05, 4.69) is 5.32 Å². The van der Waals surface area contributed by atoms with Gasteiger partial charge in [-0.3, -0.25) is 0 Å². The van der Waals surface area contributed by atoms with Crippen molar-refractivity contribution in [1.82, 2.24) is 5.32 Å². The lowest BCUT2D eigenvalue weighted by Crippen LogP contribution is -2.38. The van der Waals surface area contributed by atoms with E-state index < -0.39 is 6.10 Å². The largest absolute Gasteiger partial charge is 0.504 e. The van der Waals surface area contributed by atoms with Crippen LogP contribution in [-0.4, -0.2) is 29.9 Å². The average molecular weight is 237 g/mol. The van der Waals surface area contributed by atoms with Crippen LogP contribution in [0.25, 0.3) is 0 Å². The number of piperidine rings is 1. The molecule has 2 atom stereocenters. The molecule has 0 radical (unpaired) electrons. The van der Waals surface area contributed by atoms with Gasteiger partial charge in [0.2, 0.25) is 0 Å². The highest BCUT2D eigenvalue weighted by atomic mass is 16.5. The molecule has 1 heterocycles. The highest BCUT2D eigenvalue weighted by molar-refractivity contribution is 5.42. The summed E-state index contributed by atoms with van der Waals surface area (Å²) in [7, 11) is 1.50. The molecule has 0 aliphatic carbocycles. The van der Waals surface area contributed by atoms with Crippen LogP contribution in [0.3, 0.4) is 0 Å². The minimum Gasteiger partial charge on any atom is -0.504 e. The first-order valence-corrected chi connectivity index (χ1v) is 6.00.